The number of H-pyrrole nitrogens is 1. The lowest BCUT2D eigenvalue weighted by atomic mass is 10.0. The molecule has 19 heavy (non-hydrogen) atoms. The zero-order valence-electron chi connectivity index (χ0n) is 10.2. The lowest BCUT2D eigenvalue weighted by molar-refractivity contribution is 0.628. The molecule has 0 spiro atoms. The molecule has 1 heterocycles. The lowest BCUT2D eigenvalue weighted by Gasteiger charge is -2.03. The summed E-state index contributed by atoms with van der Waals surface area (Å²) in [5.74, 6) is -0.246. The van der Waals surface area contributed by atoms with Gasteiger partial charge in [0.05, 0.1) is 12.5 Å². The summed E-state index contributed by atoms with van der Waals surface area (Å²) >= 11 is 0. The van der Waals surface area contributed by atoms with Gasteiger partial charge in [-0.25, -0.2) is 4.39 Å². The van der Waals surface area contributed by atoms with Crippen molar-refractivity contribution in [3.63, 3.8) is 0 Å². The van der Waals surface area contributed by atoms with Crippen molar-refractivity contribution in [2.45, 2.75) is 6.42 Å². The smallest absolute Gasteiger partial charge is 0.123 e. The first-order valence-corrected chi connectivity index (χ1v) is 6.01. The van der Waals surface area contributed by atoms with Crippen LogP contribution in [0.25, 0.3) is 22.0 Å². The number of fused-ring (bicyclic) bond motifs is 1. The van der Waals surface area contributed by atoms with Crippen LogP contribution >= 0.6 is 0 Å². The summed E-state index contributed by atoms with van der Waals surface area (Å²) in [6.07, 6.45) is 2.22. The van der Waals surface area contributed by atoms with Crippen molar-refractivity contribution >= 4 is 10.9 Å². The van der Waals surface area contributed by atoms with Crippen LogP contribution in [0.2, 0.25) is 0 Å². The van der Waals surface area contributed by atoms with Crippen LogP contribution in [-0.4, -0.2) is 4.98 Å². The van der Waals surface area contributed by atoms with E-state index in [4.69, 9.17) is 5.26 Å². The van der Waals surface area contributed by atoms with Crippen molar-refractivity contribution in [1.82, 2.24) is 4.98 Å². The Balaban J connectivity index is 2.15. The van der Waals surface area contributed by atoms with Crippen LogP contribution < -0.4 is 0 Å². The molecule has 0 aliphatic rings. The summed E-state index contributed by atoms with van der Waals surface area (Å²) in [6.45, 7) is 0. The molecule has 0 aliphatic carbocycles. The Kier molecular flexibility index (Phi) is 2.77. The third-order valence-corrected chi connectivity index (χ3v) is 3.19. The van der Waals surface area contributed by atoms with Gasteiger partial charge in [0.25, 0.3) is 0 Å². The van der Waals surface area contributed by atoms with Crippen LogP contribution in [0.5, 0.6) is 0 Å². The third kappa shape index (κ3) is 2.09. The van der Waals surface area contributed by atoms with Crippen molar-refractivity contribution in [3.05, 3.63) is 60.0 Å². The first-order chi connectivity index (χ1) is 9.28. The number of rotatable bonds is 2. The van der Waals surface area contributed by atoms with Gasteiger partial charge in [-0.15, -0.1) is 0 Å². The maximum atomic E-state index is 13.3. The predicted molar refractivity (Wildman–Crippen MR) is 73.0 cm³/mol. The van der Waals surface area contributed by atoms with Gasteiger partial charge < -0.3 is 4.98 Å². The molecule has 0 atom stereocenters. The summed E-state index contributed by atoms with van der Waals surface area (Å²) in [5.41, 5.74) is 3.75. The van der Waals surface area contributed by atoms with Gasteiger partial charge in [0.2, 0.25) is 0 Å². The Morgan fingerprint density at radius 1 is 1.11 bits per heavy atom. The number of hydrogen-bond acceptors (Lipinski definition) is 1. The van der Waals surface area contributed by atoms with Crippen LogP contribution in [0.4, 0.5) is 4.39 Å². The number of nitrogens with zero attached hydrogens (tertiary/aromatic N) is 1. The Bertz CT molecular complexity index is 781. The van der Waals surface area contributed by atoms with Gasteiger partial charge in [-0.2, -0.15) is 5.26 Å². The molecule has 0 radical (unpaired) electrons. The minimum absolute atomic E-state index is 0.246. The van der Waals surface area contributed by atoms with Crippen LogP contribution in [0, 0.1) is 17.1 Å². The SMILES string of the molecule is N#CCc1c[nH]c2ccc(-c3cccc(F)c3)cc12. The second kappa shape index (κ2) is 4.58. The van der Waals surface area contributed by atoms with Gasteiger partial charge >= 0.3 is 0 Å². The van der Waals surface area contributed by atoms with E-state index < -0.39 is 0 Å². The first-order valence-electron chi connectivity index (χ1n) is 6.01. The third-order valence-electron chi connectivity index (χ3n) is 3.19. The highest BCUT2D eigenvalue weighted by Crippen LogP contribution is 2.26. The molecule has 0 aliphatic heterocycles. The number of benzene rings is 2. The minimum Gasteiger partial charge on any atom is -0.361 e. The molecule has 0 saturated carbocycles. The Labute approximate surface area is 110 Å². The standard InChI is InChI=1S/C16H11FN2/c17-14-3-1-2-11(8-14)12-4-5-16-15(9-12)13(6-7-18)10-19-16/h1-5,8-10,19H,6H2. The van der Waals surface area contributed by atoms with E-state index in [1.807, 2.05) is 30.5 Å². The van der Waals surface area contributed by atoms with E-state index in [-0.39, 0.29) is 5.82 Å². The van der Waals surface area contributed by atoms with Crippen LogP contribution in [-0.2, 0) is 6.42 Å². The average molecular weight is 250 g/mol. The highest BCUT2D eigenvalue weighted by Gasteiger charge is 2.06. The van der Waals surface area contributed by atoms with Gasteiger partial charge in [-0.3, -0.25) is 0 Å². The summed E-state index contributed by atoms with van der Waals surface area (Å²) < 4.78 is 13.3. The summed E-state index contributed by atoms with van der Waals surface area (Å²) in [4.78, 5) is 3.14. The van der Waals surface area contributed by atoms with E-state index in [2.05, 4.69) is 11.1 Å². The summed E-state index contributed by atoms with van der Waals surface area (Å²) in [5, 5.41) is 9.82. The number of nitrogens with one attached hydrogen (secondary N) is 1. The van der Waals surface area contributed by atoms with Crippen molar-refractivity contribution < 1.29 is 4.39 Å². The quantitative estimate of drug-likeness (QED) is 0.732. The van der Waals surface area contributed by atoms with E-state index in [9.17, 15) is 4.39 Å². The van der Waals surface area contributed by atoms with Gasteiger partial charge in [0.15, 0.2) is 0 Å². The number of aromatic nitrogens is 1. The molecule has 0 saturated heterocycles. The molecule has 92 valence electrons. The second-order valence-corrected chi connectivity index (χ2v) is 4.42. The molecule has 2 aromatic carbocycles. The van der Waals surface area contributed by atoms with E-state index in [1.54, 1.807) is 6.07 Å². The van der Waals surface area contributed by atoms with Crippen molar-refractivity contribution in [3.8, 4) is 17.2 Å². The van der Waals surface area contributed by atoms with Crippen LogP contribution in [0.3, 0.4) is 0 Å². The van der Waals surface area contributed by atoms with E-state index in [0.717, 1.165) is 27.6 Å². The molecule has 2 nitrogen and oxygen atoms in total. The molecule has 3 aromatic rings. The van der Waals surface area contributed by atoms with Crippen LogP contribution in [0.1, 0.15) is 5.56 Å². The first kappa shape index (κ1) is 11.5. The average Bonchev–Trinajstić information content (AvgIpc) is 2.82. The monoisotopic (exact) mass is 250 g/mol. The minimum atomic E-state index is -0.246. The number of halogens is 1. The molecular weight excluding hydrogens is 239 g/mol. The van der Waals surface area contributed by atoms with Gasteiger partial charge in [0, 0.05) is 17.1 Å². The molecule has 1 N–H and O–H groups in total. The fraction of sp³-hybridized carbons (Fsp3) is 0.0625. The number of hydrogen-bond donors (Lipinski definition) is 1. The highest BCUT2D eigenvalue weighted by atomic mass is 19.1. The molecule has 1 aromatic heterocycles. The number of aromatic amines is 1. The normalized spacial score (nSPS) is 10.5. The molecule has 3 rings (SSSR count). The zero-order valence-corrected chi connectivity index (χ0v) is 10.2. The molecule has 0 unspecified atom stereocenters. The largest absolute Gasteiger partial charge is 0.361 e. The fourth-order valence-electron chi connectivity index (χ4n) is 2.26. The summed E-state index contributed by atoms with van der Waals surface area (Å²) in [7, 11) is 0. The van der Waals surface area contributed by atoms with E-state index in [0.29, 0.717) is 6.42 Å². The summed E-state index contributed by atoms with van der Waals surface area (Å²) in [6, 6.07) is 14.6. The molecular formula is C16H11FN2. The molecule has 0 bridgehead atoms. The van der Waals surface area contributed by atoms with Crippen molar-refractivity contribution in [2.24, 2.45) is 0 Å². The Hall–Kier alpha value is -2.60. The van der Waals surface area contributed by atoms with Gasteiger partial charge in [-0.05, 0) is 41.0 Å². The second-order valence-electron chi connectivity index (χ2n) is 4.42. The lowest BCUT2D eigenvalue weighted by Crippen LogP contribution is -1.82. The fourth-order valence-corrected chi connectivity index (χ4v) is 2.26. The number of nitriles is 1. The van der Waals surface area contributed by atoms with E-state index in [1.165, 1.54) is 12.1 Å². The maximum Gasteiger partial charge on any atom is 0.123 e. The molecule has 0 amide bonds. The van der Waals surface area contributed by atoms with Gasteiger partial charge in [0.1, 0.15) is 5.82 Å². The Morgan fingerprint density at radius 3 is 2.74 bits per heavy atom. The predicted octanol–water partition coefficient (Wildman–Crippen LogP) is 4.04. The van der Waals surface area contributed by atoms with Crippen LogP contribution in [0.15, 0.2) is 48.7 Å². The topological polar surface area (TPSA) is 39.6 Å². The molecule has 3 heteroatoms. The Morgan fingerprint density at radius 2 is 1.95 bits per heavy atom. The zero-order chi connectivity index (χ0) is 13.2. The van der Waals surface area contributed by atoms with Crippen molar-refractivity contribution in [2.75, 3.05) is 0 Å². The van der Waals surface area contributed by atoms with Gasteiger partial charge in [-0.1, -0.05) is 18.2 Å². The molecule has 0 fully saturated rings. The van der Waals surface area contributed by atoms with E-state index >= 15 is 0 Å². The van der Waals surface area contributed by atoms with Crippen molar-refractivity contribution in [1.29, 1.82) is 5.26 Å². The highest BCUT2D eigenvalue weighted by molar-refractivity contribution is 5.88. The maximum absolute atomic E-state index is 13.3.